The number of hydrogen-bond donors (Lipinski definition) is 1. The fourth-order valence-corrected chi connectivity index (χ4v) is 2.05. The summed E-state index contributed by atoms with van der Waals surface area (Å²) in [6.45, 7) is 1.91. The van der Waals surface area contributed by atoms with Crippen LogP contribution in [0.15, 0.2) is 40.9 Å². The maximum Gasteiger partial charge on any atom is 0.260 e. The topological polar surface area (TPSA) is 51.0 Å². The monoisotopic (exact) mass is 239 g/mol. The molecule has 0 amide bonds. The fourth-order valence-electron chi connectivity index (χ4n) is 2.05. The summed E-state index contributed by atoms with van der Waals surface area (Å²) in [5, 5.41) is 8.07. The quantitative estimate of drug-likeness (QED) is 0.745. The van der Waals surface area contributed by atoms with E-state index in [4.69, 9.17) is 4.52 Å². The first-order valence-corrected chi connectivity index (χ1v) is 5.80. The van der Waals surface area contributed by atoms with Crippen LogP contribution >= 0.6 is 0 Å². The zero-order valence-electron chi connectivity index (χ0n) is 10.3. The van der Waals surface area contributed by atoms with E-state index in [-0.39, 0.29) is 0 Å². The molecule has 0 bridgehead atoms. The summed E-state index contributed by atoms with van der Waals surface area (Å²) in [6, 6.07) is 12.0. The van der Waals surface area contributed by atoms with Crippen molar-refractivity contribution in [3.8, 4) is 11.3 Å². The Morgan fingerprint density at radius 1 is 1.17 bits per heavy atom. The first-order valence-electron chi connectivity index (χ1n) is 5.80. The van der Waals surface area contributed by atoms with Crippen LogP contribution in [-0.2, 0) is 0 Å². The standard InChI is InChI=1S/C14H13N3O/c1-9-13-12(15-2)8-11(16-14(13)18-17-9)10-6-4-3-5-7-10/h3-8H,1-2H3,(H,15,16). The number of nitrogens with one attached hydrogen (secondary N) is 1. The molecule has 0 spiro atoms. The Labute approximate surface area is 105 Å². The van der Waals surface area contributed by atoms with Crippen molar-refractivity contribution in [2.75, 3.05) is 12.4 Å². The van der Waals surface area contributed by atoms with Gasteiger partial charge in [0.05, 0.1) is 22.5 Å². The lowest BCUT2D eigenvalue weighted by molar-refractivity contribution is 0.443. The fraction of sp³-hybridized carbons (Fsp3) is 0.143. The maximum absolute atomic E-state index is 5.25. The Bertz CT molecular complexity index is 689. The van der Waals surface area contributed by atoms with E-state index in [1.165, 1.54) is 0 Å². The predicted octanol–water partition coefficient (Wildman–Crippen LogP) is 3.24. The molecule has 2 aromatic heterocycles. The SMILES string of the molecule is CNc1cc(-c2ccccc2)nc2onc(C)c12. The maximum atomic E-state index is 5.25. The van der Waals surface area contributed by atoms with Crippen LogP contribution in [0.5, 0.6) is 0 Å². The number of nitrogens with zero attached hydrogens (tertiary/aromatic N) is 2. The molecule has 0 saturated heterocycles. The molecular weight excluding hydrogens is 226 g/mol. The smallest absolute Gasteiger partial charge is 0.260 e. The van der Waals surface area contributed by atoms with Gasteiger partial charge in [-0.1, -0.05) is 35.5 Å². The van der Waals surface area contributed by atoms with E-state index < -0.39 is 0 Å². The molecular formula is C14H13N3O. The van der Waals surface area contributed by atoms with Gasteiger partial charge in [-0.25, -0.2) is 4.98 Å². The van der Waals surface area contributed by atoms with Gasteiger partial charge < -0.3 is 9.84 Å². The molecule has 0 radical (unpaired) electrons. The highest BCUT2D eigenvalue weighted by molar-refractivity contribution is 5.92. The highest BCUT2D eigenvalue weighted by Gasteiger charge is 2.13. The Hall–Kier alpha value is -2.36. The number of rotatable bonds is 2. The van der Waals surface area contributed by atoms with Crippen molar-refractivity contribution in [3.63, 3.8) is 0 Å². The van der Waals surface area contributed by atoms with Crippen LogP contribution in [0.1, 0.15) is 5.69 Å². The lowest BCUT2D eigenvalue weighted by Crippen LogP contribution is -1.93. The average Bonchev–Trinajstić information content (AvgIpc) is 2.81. The molecule has 90 valence electrons. The summed E-state index contributed by atoms with van der Waals surface area (Å²) in [4.78, 5) is 4.51. The number of pyridine rings is 1. The van der Waals surface area contributed by atoms with Gasteiger partial charge in [0, 0.05) is 12.6 Å². The molecule has 4 nitrogen and oxygen atoms in total. The largest absolute Gasteiger partial charge is 0.387 e. The van der Waals surface area contributed by atoms with E-state index >= 15 is 0 Å². The Morgan fingerprint density at radius 3 is 2.67 bits per heavy atom. The molecule has 1 aromatic carbocycles. The molecule has 0 aliphatic rings. The number of aryl methyl sites for hydroxylation is 1. The molecule has 3 rings (SSSR count). The first-order chi connectivity index (χ1) is 8.79. The van der Waals surface area contributed by atoms with Crippen molar-refractivity contribution in [1.29, 1.82) is 0 Å². The van der Waals surface area contributed by atoms with Crippen LogP contribution in [0.3, 0.4) is 0 Å². The highest BCUT2D eigenvalue weighted by atomic mass is 16.5. The number of benzene rings is 1. The van der Waals surface area contributed by atoms with Gasteiger partial charge in [0.15, 0.2) is 0 Å². The summed E-state index contributed by atoms with van der Waals surface area (Å²) in [5.74, 6) is 0. The highest BCUT2D eigenvalue weighted by Crippen LogP contribution is 2.29. The van der Waals surface area contributed by atoms with Gasteiger partial charge in [-0.3, -0.25) is 0 Å². The summed E-state index contributed by atoms with van der Waals surface area (Å²) in [5.41, 5.74) is 4.34. The van der Waals surface area contributed by atoms with Crippen LogP contribution in [0.25, 0.3) is 22.4 Å². The minimum atomic E-state index is 0.568. The van der Waals surface area contributed by atoms with Crippen LogP contribution in [0, 0.1) is 6.92 Å². The minimum absolute atomic E-state index is 0.568. The number of anilines is 1. The molecule has 4 heteroatoms. The normalized spacial score (nSPS) is 10.8. The third-order valence-corrected chi connectivity index (χ3v) is 2.96. The Balaban J connectivity index is 2.27. The molecule has 0 unspecified atom stereocenters. The molecule has 0 aliphatic heterocycles. The van der Waals surface area contributed by atoms with Crippen molar-refractivity contribution >= 4 is 16.8 Å². The number of hydrogen-bond acceptors (Lipinski definition) is 4. The van der Waals surface area contributed by atoms with Crippen molar-refractivity contribution in [1.82, 2.24) is 10.1 Å². The van der Waals surface area contributed by atoms with Crippen molar-refractivity contribution in [2.45, 2.75) is 6.92 Å². The average molecular weight is 239 g/mol. The molecule has 3 aromatic rings. The van der Waals surface area contributed by atoms with Crippen LogP contribution in [0.2, 0.25) is 0 Å². The van der Waals surface area contributed by atoms with E-state index in [9.17, 15) is 0 Å². The zero-order valence-corrected chi connectivity index (χ0v) is 10.3. The second-order valence-corrected chi connectivity index (χ2v) is 4.12. The third kappa shape index (κ3) is 1.62. The summed E-state index contributed by atoms with van der Waals surface area (Å²) in [7, 11) is 1.88. The molecule has 0 saturated carbocycles. The van der Waals surface area contributed by atoms with Crippen molar-refractivity contribution in [3.05, 3.63) is 42.1 Å². The zero-order chi connectivity index (χ0) is 12.5. The van der Waals surface area contributed by atoms with E-state index in [0.29, 0.717) is 5.71 Å². The second kappa shape index (κ2) is 4.14. The van der Waals surface area contributed by atoms with Gasteiger partial charge >= 0.3 is 0 Å². The molecule has 0 fully saturated rings. The first kappa shape index (κ1) is 10.8. The lowest BCUT2D eigenvalue weighted by atomic mass is 10.1. The van der Waals surface area contributed by atoms with Crippen molar-refractivity contribution < 1.29 is 4.52 Å². The second-order valence-electron chi connectivity index (χ2n) is 4.12. The molecule has 1 N–H and O–H groups in total. The summed E-state index contributed by atoms with van der Waals surface area (Å²) < 4.78 is 5.25. The van der Waals surface area contributed by atoms with Gasteiger partial charge in [0.2, 0.25) is 0 Å². The van der Waals surface area contributed by atoms with E-state index in [1.54, 1.807) is 0 Å². The van der Waals surface area contributed by atoms with Gasteiger partial charge in [-0.2, -0.15) is 0 Å². The van der Waals surface area contributed by atoms with Gasteiger partial charge in [0.1, 0.15) is 0 Å². The Morgan fingerprint density at radius 2 is 1.94 bits per heavy atom. The third-order valence-electron chi connectivity index (χ3n) is 2.96. The summed E-state index contributed by atoms with van der Waals surface area (Å²) in [6.07, 6.45) is 0. The van der Waals surface area contributed by atoms with Gasteiger partial charge in [0.25, 0.3) is 5.71 Å². The van der Waals surface area contributed by atoms with E-state index in [0.717, 1.165) is 28.0 Å². The van der Waals surface area contributed by atoms with E-state index in [2.05, 4.69) is 15.5 Å². The Kier molecular flexibility index (Phi) is 2.48. The molecule has 18 heavy (non-hydrogen) atoms. The van der Waals surface area contributed by atoms with Crippen LogP contribution in [-0.4, -0.2) is 17.2 Å². The predicted molar refractivity (Wildman–Crippen MR) is 71.5 cm³/mol. The minimum Gasteiger partial charge on any atom is -0.387 e. The lowest BCUT2D eigenvalue weighted by Gasteiger charge is -2.05. The van der Waals surface area contributed by atoms with Crippen LogP contribution < -0.4 is 5.32 Å². The number of fused-ring (bicyclic) bond motifs is 1. The van der Waals surface area contributed by atoms with Crippen molar-refractivity contribution in [2.24, 2.45) is 0 Å². The number of aromatic nitrogens is 2. The van der Waals surface area contributed by atoms with Gasteiger partial charge in [-0.05, 0) is 13.0 Å². The summed E-state index contributed by atoms with van der Waals surface area (Å²) >= 11 is 0. The molecule has 2 heterocycles. The molecule has 0 aliphatic carbocycles. The van der Waals surface area contributed by atoms with E-state index in [1.807, 2.05) is 50.4 Å². The van der Waals surface area contributed by atoms with Gasteiger partial charge in [-0.15, -0.1) is 0 Å². The van der Waals surface area contributed by atoms with Crippen LogP contribution in [0.4, 0.5) is 5.69 Å². The molecule has 0 atom stereocenters.